The predicted octanol–water partition coefficient (Wildman–Crippen LogP) is 5.56. The topological polar surface area (TPSA) is 50.4 Å². The number of fused-ring (bicyclic) bond motifs is 1. The van der Waals surface area contributed by atoms with Crippen molar-refractivity contribution in [3.63, 3.8) is 0 Å². The van der Waals surface area contributed by atoms with Crippen LogP contribution in [0.4, 0.5) is 5.69 Å². The monoisotopic (exact) mass is 425 g/mol. The lowest BCUT2D eigenvalue weighted by Gasteiger charge is -2.37. The first-order valence-corrected chi connectivity index (χ1v) is 11.0. The number of hydrogen-bond acceptors (Lipinski definition) is 3. The number of benzene rings is 2. The van der Waals surface area contributed by atoms with Crippen molar-refractivity contribution in [2.24, 2.45) is 0 Å². The molecular formula is C27H27N3O2. The quantitative estimate of drug-likeness (QED) is 0.456. The van der Waals surface area contributed by atoms with Gasteiger partial charge < -0.3 is 14.3 Å². The minimum atomic E-state index is -0.234. The van der Waals surface area contributed by atoms with E-state index in [-0.39, 0.29) is 11.9 Å². The Morgan fingerprint density at radius 3 is 2.41 bits per heavy atom. The van der Waals surface area contributed by atoms with E-state index in [1.54, 1.807) is 6.07 Å². The number of nitrogens with one attached hydrogen (secondary N) is 1. The molecule has 0 fully saturated rings. The van der Waals surface area contributed by atoms with Crippen LogP contribution in [-0.4, -0.2) is 21.9 Å². The van der Waals surface area contributed by atoms with Gasteiger partial charge in [0.25, 0.3) is 5.91 Å². The van der Waals surface area contributed by atoms with Gasteiger partial charge in [-0.1, -0.05) is 47.5 Å². The molecule has 1 aliphatic heterocycles. The van der Waals surface area contributed by atoms with Crippen molar-refractivity contribution in [1.29, 1.82) is 0 Å². The fraction of sp³-hybridized carbons (Fsp3) is 0.222. The van der Waals surface area contributed by atoms with E-state index < -0.39 is 0 Å². The van der Waals surface area contributed by atoms with E-state index >= 15 is 0 Å². The third-order valence-corrected chi connectivity index (χ3v) is 6.08. The fourth-order valence-corrected chi connectivity index (χ4v) is 4.35. The molecule has 0 radical (unpaired) electrons. The van der Waals surface area contributed by atoms with Gasteiger partial charge in [-0.25, -0.2) is 0 Å². The number of carbonyl (C=O) groups is 1. The average molecular weight is 426 g/mol. The number of aromatic nitrogens is 1. The van der Waals surface area contributed by atoms with Crippen LogP contribution in [0.15, 0.2) is 83.4 Å². The third-order valence-electron chi connectivity index (χ3n) is 6.08. The van der Waals surface area contributed by atoms with E-state index in [2.05, 4.69) is 64.3 Å². The molecule has 1 amide bonds. The molecule has 4 aromatic rings. The molecule has 1 N–H and O–H groups in total. The largest absolute Gasteiger partial charge is 0.455 e. The first kappa shape index (κ1) is 20.3. The van der Waals surface area contributed by atoms with Crippen molar-refractivity contribution in [2.75, 3.05) is 11.9 Å². The molecule has 3 heterocycles. The summed E-state index contributed by atoms with van der Waals surface area (Å²) in [4.78, 5) is 15.0. The first-order chi connectivity index (χ1) is 15.6. The van der Waals surface area contributed by atoms with Crippen molar-refractivity contribution in [3.8, 4) is 0 Å². The van der Waals surface area contributed by atoms with Gasteiger partial charge in [0.1, 0.15) is 5.76 Å². The maximum atomic E-state index is 12.6. The van der Waals surface area contributed by atoms with Crippen LogP contribution in [0, 0.1) is 13.8 Å². The summed E-state index contributed by atoms with van der Waals surface area (Å²) in [7, 11) is 0. The minimum absolute atomic E-state index is 0.147. The number of amides is 1. The molecule has 2 aromatic carbocycles. The molecule has 5 rings (SSSR count). The number of furan rings is 1. The molecule has 0 saturated heterocycles. The van der Waals surface area contributed by atoms with Gasteiger partial charge >= 0.3 is 0 Å². The zero-order valence-corrected chi connectivity index (χ0v) is 18.4. The Balaban J connectivity index is 1.35. The van der Waals surface area contributed by atoms with Gasteiger partial charge in [-0.15, -0.1) is 0 Å². The summed E-state index contributed by atoms with van der Waals surface area (Å²) in [6.07, 6.45) is 2.15. The van der Waals surface area contributed by atoms with Crippen LogP contribution in [0.3, 0.4) is 0 Å². The summed E-state index contributed by atoms with van der Waals surface area (Å²) in [5.74, 6) is 0.881. The lowest BCUT2D eigenvalue weighted by Crippen LogP contribution is -2.37. The van der Waals surface area contributed by atoms with E-state index in [9.17, 15) is 4.79 Å². The third kappa shape index (κ3) is 4.12. The highest BCUT2D eigenvalue weighted by molar-refractivity contribution is 6.02. The SMILES string of the molecule is Cc1ccc(NC(=O)c2ccc(CN3CCn4cccc4C3c3ccc(C)cc3)o2)cc1. The van der Waals surface area contributed by atoms with Crippen LogP contribution in [0.1, 0.15) is 44.7 Å². The van der Waals surface area contributed by atoms with Crippen molar-refractivity contribution >= 4 is 11.6 Å². The summed E-state index contributed by atoms with van der Waals surface area (Å²) in [5, 5.41) is 2.90. The molecule has 1 atom stereocenters. The average Bonchev–Trinajstić information content (AvgIpc) is 3.46. The fourth-order valence-electron chi connectivity index (χ4n) is 4.35. The number of nitrogens with zero attached hydrogens (tertiary/aromatic N) is 2. The van der Waals surface area contributed by atoms with E-state index in [0.717, 1.165) is 30.1 Å². The molecule has 0 spiro atoms. The van der Waals surface area contributed by atoms with Crippen molar-refractivity contribution in [2.45, 2.75) is 33.0 Å². The molecule has 1 aliphatic rings. The standard InChI is InChI=1S/C27H27N3O2/c1-19-5-9-21(10-6-19)26-24-4-3-15-29(24)16-17-30(26)18-23-13-14-25(32-23)27(31)28-22-11-7-20(2)8-12-22/h3-15,26H,16-18H2,1-2H3,(H,28,31). The molecule has 0 saturated carbocycles. The van der Waals surface area contributed by atoms with Crippen molar-refractivity contribution in [3.05, 3.63) is 113 Å². The van der Waals surface area contributed by atoms with Crippen LogP contribution >= 0.6 is 0 Å². The van der Waals surface area contributed by atoms with E-state index in [4.69, 9.17) is 4.42 Å². The Kier molecular flexibility index (Phi) is 5.41. The molecule has 0 bridgehead atoms. The lowest BCUT2D eigenvalue weighted by molar-refractivity contribution is 0.0990. The van der Waals surface area contributed by atoms with Crippen molar-refractivity contribution < 1.29 is 9.21 Å². The molecule has 2 aromatic heterocycles. The highest BCUT2D eigenvalue weighted by atomic mass is 16.4. The van der Waals surface area contributed by atoms with Crippen LogP contribution in [0.5, 0.6) is 0 Å². The summed E-state index contributed by atoms with van der Waals surface area (Å²) >= 11 is 0. The predicted molar refractivity (Wildman–Crippen MR) is 126 cm³/mol. The van der Waals surface area contributed by atoms with Gasteiger partial charge in [0, 0.05) is 30.7 Å². The Bertz CT molecular complexity index is 1220. The smallest absolute Gasteiger partial charge is 0.291 e. The van der Waals surface area contributed by atoms with Gasteiger partial charge in [0.2, 0.25) is 0 Å². The van der Waals surface area contributed by atoms with Gasteiger partial charge in [-0.3, -0.25) is 9.69 Å². The number of anilines is 1. The molecule has 1 unspecified atom stereocenters. The molecule has 0 aliphatic carbocycles. The Morgan fingerprint density at radius 2 is 1.66 bits per heavy atom. The Hall–Kier alpha value is -3.57. The van der Waals surface area contributed by atoms with E-state index in [1.807, 2.05) is 37.3 Å². The van der Waals surface area contributed by atoms with E-state index in [0.29, 0.717) is 12.3 Å². The van der Waals surface area contributed by atoms with Gasteiger partial charge in [0.15, 0.2) is 5.76 Å². The van der Waals surface area contributed by atoms with Gasteiger partial charge in [0.05, 0.1) is 12.6 Å². The van der Waals surface area contributed by atoms with E-state index in [1.165, 1.54) is 16.8 Å². The zero-order chi connectivity index (χ0) is 22.1. The minimum Gasteiger partial charge on any atom is -0.455 e. The summed E-state index contributed by atoms with van der Waals surface area (Å²) in [6.45, 7) is 6.61. The number of carbonyl (C=O) groups excluding carboxylic acids is 1. The highest BCUT2D eigenvalue weighted by Gasteiger charge is 2.29. The number of hydrogen-bond donors (Lipinski definition) is 1. The molecule has 162 valence electrons. The summed E-state index contributed by atoms with van der Waals surface area (Å²) < 4.78 is 8.28. The molecule has 5 nitrogen and oxygen atoms in total. The lowest BCUT2D eigenvalue weighted by atomic mass is 9.99. The normalized spacial score (nSPS) is 16.0. The first-order valence-electron chi connectivity index (χ1n) is 11.0. The second-order valence-corrected chi connectivity index (χ2v) is 8.50. The maximum absolute atomic E-state index is 12.6. The maximum Gasteiger partial charge on any atom is 0.291 e. The molecule has 32 heavy (non-hydrogen) atoms. The van der Waals surface area contributed by atoms with Crippen LogP contribution in [-0.2, 0) is 13.1 Å². The molecule has 5 heteroatoms. The van der Waals surface area contributed by atoms with Crippen LogP contribution in [0.25, 0.3) is 0 Å². The van der Waals surface area contributed by atoms with Gasteiger partial charge in [-0.05, 0) is 55.8 Å². The van der Waals surface area contributed by atoms with Crippen molar-refractivity contribution in [1.82, 2.24) is 9.47 Å². The summed E-state index contributed by atoms with van der Waals surface area (Å²) in [5.41, 5.74) is 5.71. The number of aryl methyl sites for hydroxylation is 2. The molecular weight excluding hydrogens is 398 g/mol. The van der Waals surface area contributed by atoms with Crippen LogP contribution in [0.2, 0.25) is 0 Å². The second kappa shape index (κ2) is 8.52. The van der Waals surface area contributed by atoms with Gasteiger partial charge in [-0.2, -0.15) is 0 Å². The second-order valence-electron chi connectivity index (χ2n) is 8.50. The summed E-state index contributed by atoms with van der Waals surface area (Å²) in [6, 6.07) is 24.6. The Labute approximate surface area is 188 Å². The highest BCUT2D eigenvalue weighted by Crippen LogP contribution is 2.34. The zero-order valence-electron chi connectivity index (χ0n) is 18.4. The number of rotatable bonds is 5. The van der Waals surface area contributed by atoms with Crippen LogP contribution < -0.4 is 5.32 Å². The Morgan fingerprint density at radius 1 is 0.938 bits per heavy atom.